The van der Waals surface area contributed by atoms with Gasteiger partial charge in [-0.2, -0.15) is 4.31 Å². The van der Waals surface area contributed by atoms with Crippen molar-refractivity contribution in [3.63, 3.8) is 0 Å². The number of rotatable bonds is 8. The minimum absolute atomic E-state index is 0.00886. The number of carbonyl (C=O) groups excluding carboxylic acids is 1. The average molecular weight is 390 g/mol. The van der Waals surface area contributed by atoms with Gasteiger partial charge >= 0.3 is 5.97 Å². The lowest BCUT2D eigenvalue weighted by Gasteiger charge is -2.19. The molecule has 0 bridgehead atoms. The van der Waals surface area contributed by atoms with Crippen molar-refractivity contribution in [1.82, 2.24) is 9.62 Å². The second kappa shape index (κ2) is 8.79. The number of hydrogen-bond donors (Lipinski definition) is 2. The molecule has 7 nitrogen and oxygen atoms in total. The van der Waals surface area contributed by atoms with Crippen LogP contribution in [0.25, 0.3) is 0 Å². The minimum atomic E-state index is -3.72. The first kappa shape index (κ1) is 20.6. The summed E-state index contributed by atoms with van der Waals surface area (Å²) >= 11 is 0. The molecule has 0 unspecified atom stereocenters. The molecule has 0 heterocycles. The molecule has 1 atom stereocenters. The van der Waals surface area contributed by atoms with Gasteiger partial charge in [-0.1, -0.05) is 50.2 Å². The van der Waals surface area contributed by atoms with Crippen molar-refractivity contribution in [3.05, 3.63) is 65.7 Å². The van der Waals surface area contributed by atoms with Crippen LogP contribution < -0.4 is 5.32 Å². The van der Waals surface area contributed by atoms with Gasteiger partial charge in [0.05, 0.1) is 4.90 Å². The fourth-order valence-corrected chi connectivity index (χ4v) is 4.16. The largest absolute Gasteiger partial charge is 0.479 e. The van der Waals surface area contributed by atoms with Crippen LogP contribution >= 0.6 is 0 Å². The molecule has 0 saturated carbocycles. The number of sulfonamides is 1. The highest BCUT2D eigenvalue weighted by Crippen LogP contribution is 2.18. The van der Waals surface area contributed by atoms with Gasteiger partial charge in [-0.15, -0.1) is 0 Å². The van der Waals surface area contributed by atoms with E-state index in [0.29, 0.717) is 18.7 Å². The summed E-state index contributed by atoms with van der Waals surface area (Å²) in [6, 6.07) is 12.6. The van der Waals surface area contributed by atoms with Gasteiger partial charge in [-0.25, -0.2) is 13.2 Å². The lowest BCUT2D eigenvalue weighted by atomic mass is 10.1. The standard InChI is InChI=1S/C19H22N2O5S/c1-3-21(4-2)27(25,26)16-12-8-11-15(13-16)18(22)20-17(19(23)24)14-9-6-5-7-10-14/h5-13,17H,3-4H2,1-2H3,(H,20,22)(H,23,24)/t17-/m1/s1. The Morgan fingerprint density at radius 1 is 1.04 bits per heavy atom. The Kier molecular flexibility index (Phi) is 6.70. The molecule has 0 spiro atoms. The maximum atomic E-state index is 12.6. The summed E-state index contributed by atoms with van der Waals surface area (Å²) in [5.41, 5.74) is 0.496. The number of carboxylic acid groups (broad SMARTS) is 1. The monoisotopic (exact) mass is 390 g/mol. The molecule has 0 fully saturated rings. The molecule has 2 aromatic rings. The van der Waals surface area contributed by atoms with E-state index in [-0.39, 0.29) is 10.5 Å². The Balaban J connectivity index is 2.31. The quantitative estimate of drug-likeness (QED) is 0.720. The molecule has 2 aromatic carbocycles. The highest BCUT2D eigenvalue weighted by atomic mass is 32.2. The van der Waals surface area contributed by atoms with Gasteiger partial charge in [-0.3, -0.25) is 4.79 Å². The van der Waals surface area contributed by atoms with E-state index in [1.165, 1.54) is 28.6 Å². The zero-order valence-electron chi connectivity index (χ0n) is 15.1. The first-order valence-corrected chi connectivity index (χ1v) is 9.94. The molecule has 1 amide bonds. The maximum absolute atomic E-state index is 12.6. The summed E-state index contributed by atoms with van der Waals surface area (Å²) in [5, 5.41) is 11.9. The minimum Gasteiger partial charge on any atom is -0.479 e. The highest BCUT2D eigenvalue weighted by molar-refractivity contribution is 7.89. The van der Waals surface area contributed by atoms with Crippen molar-refractivity contribution >= 4 is 21.9 Å². The van der Waals surface area contributed by atoms with Crippen LogP contribution in [0.15, 0.2) is 59.5 Å². The number of amides is 1. The van der Waals surface area contributed by atoms with Gasteiger partial charge < -0.3 is 10.4 Å². The van der Waals surface area contributed by atoms with E-state index in [9.17, 15) is 23.1 Å². The SMILES string of the molecule is CCN(CC)S(=O)(=O)c1cccc(C(=O)N[C@@H](C(=O)O)c2ccccc2)c1. The van der Waals surface area contributed by atoms with Gasteiger partial charge in [0.25, 0.3) is 5.91 Å². The summed E-state index contributed by atoms with van der Waals surface area (Å²) in [7, 11) is -3.72. The molecule has 0 radical (unpaired) electrons. The smallest absolute Gasteiger partial charge is 0.330 e. The molecule has 0 aliphatic carbocycles. The van der Waals surface area contributed by atoms with Crippen LogP contribution in [0.2, 0.25) is 0 Å². The van der Waals surface area contributed by atoms with E-state index in [4.69, 9.17) is 0 Å². The van der Waals surface area contributed by atoms with Crippen LogP contribution in [0.4, 0.5) is 0 Å². The van der Waals surface area contributed by atoms with Crippen molar-refractivity contribution in [3.8, 4) is 0 Å². The fraction of sp³-hybridized carbons (Fsp3) is 0.263. The molecule has 0 saturated heterocycles. The van der Waals surface area contributed by atoms with E-state index in [2.05, 4.69) is 5.32 Å². The summed E-state index contributed by atoms with van der Waals surface area (Å²) in [5.74, 6) is -1.87. The summed E-state index contributed by atoms with van der Waals surface area (Å²) in [6.45, 7) is 4.08. The highest BCUT2D eigenvalue weighted by Gasteiger charge is 2.25. The Bertz CT molecular complexity index is 909. The van der Waals surface area contributed by atoms with Crippen molar-refractivity contribution < 1.29 is 23.1 Å². The van der Waals surface area contributed by atoms with Gasteiger partial charge in [0.15, 0.2) is 6.04 Å². The molecule has 27 heavy (non-hydrogen) atoms. The van der Waals surface area contributed by atoms with Crippen LogP contribution in [0.3, 0.4) is 0 Å². The van der Waals surface area contributed by atoms with Gasteiger partial charge in [0.1, 0.15) is 0 Å². The topological polar surface area (TPSA) is 104 Å². The number of hydrogen-bond acceptors (Lipinski definition) is 4. The first-order valence-electron chi connectivity index (χ1n) is 8.50. The van der Waals surface area contributed by atoms with Crippen molar-refractivity contribution in [1.29, 1.82) is 0 Å². The number of nitrogens with zero attached hydrogens (tertiary/aromatic N) is 1. The van der Waals surface area contributed by atoms with Crippen molar-refractivity contribution in [2.45, 2.75) is 24.8 Å². The zero-order chi connectivity index (χ0) is 20.0. The predicted molar refractivity (Wildman–Crippen MR) is 101 cm³/mol. The zero-order valence-corrected chi connectivity index (χ0v) is 15.9. The summed E-state index contributed by atoms with van der Waals surface area (Å²) in [4.78, 5) is 24.1. The number of aliphatic carboxylic acids is 1. The molecule has 0 aromatic heterocycles. The Hall–Kier alpha value is -2.71. The fourth-order valence-electron chi connectivity index (χ4n) is 2.66. The molecule has 2 N–H and O–H groups in total. The normalized spacial score (nSPS) is 12.6. The predicted octanol–water partition coefficient (Wildman–Crippen LogP) is 2.27. The Morgan fingerprint density at radius 3 is 2.22 bits per heavy atom. The molecule has 2 rings (SSSR count). The van der Waals surface area contributed by atoms with Crippen LogP contribution in [0.5, 0.6) is 0 Å². The maximum Gasteiger partial charge on any atom is 0.330 e. The van der Waals surface area contributed by atoms with E-state index >= 15 is 0 Å². The summed E-state index contributed by atoms with van der Waals surface area (Å²) in [6.07, 6.45) is 0. The van der Waals surface area contributed by atoms with E-state index in [1.807, 2.05) is 0 Å². The number of carbonyl (C=O) groups is 2. The lowest BCUT2D eigenvalue weighted by Crippen LogP contribution is -2.34. The van der Waals surface area contributed by atoms with Gasteiger partial charge in [-0.05, 0) is 23.8 Å². The average Bonchev–Trinajstić information content (AvgIpc) is 2.67. The Morgan fingerprint density at radius 2 is 1.67 bits per heavy atom. The molecule has 0 aliphatic rings. The molecular formula is C19H22N2O5S. The van der Waals surface area contributed by atoms with Crippen LogP contribution in [-0.4, -0.2) is 42.8 Å². The van der Waals surface area contributed by atoms with Crippen LogP contribution in [0, 0.1) is 0 Å². The number of benzene rings is 2. The van der Waals surface area contributed by atoms with Crippen LogP contribution in [0.1, 0.15) is 35.8 Å². The molecule has 144 valence electrons. The van der Waals surface area contributed by atoms with Crippen molar-refractivity contribution in [2.75, 3.05) is 13.1 Å². The third-order valence-corrected chi connectivity index (χ3v) is 6.14. The summed E-state index contributed by atoms with van der Waals surface area (Å²) < 4.78 is 26.5. The molecular weight excluding hydrogens is 368 g/mol. The molecule has 8 heteroatoms. The van der Waals surface area contributed by atoms with E-state index < -0.39 is 27.9 Å². The van der Waals surface area contributed by atoms with E-state index in [1.54, 1.807) is 44.2 Å². The lowest BCUT2D eigenvalue weighted by molar-refractivity contribution is -0.139. The Labute approximate surface area is 158 Å². The second-order valence-corrected chi connectivity index (χ2v) is 7.71. The first-order chi connectivity index (χ1) is 12.8. The third kappa shape index (κ3) is 4.72. The third-order valence-electron chi connectivity index (χ3n) is 4.09. The van der Waals surface area contributed by atoms with Gasteiger partial charge in [0.2, 0.25) is 10.0 Å². The second-order valence-electron chi connectivity index (χ2n) is 5.77. The number of nitrogens with one attached hydrogen (secondary N) is 1. The molecule has 0 aliphatic heterocycles. The van der Waals surface area contributed by atoms with E-state index in [0.717, 1.165) is 0 Å². The van der Waals surface area contributed by atoms with Gasteiger partial charge in [0, 0.05) is 18.7 Å². The number of carboxylic acids is 1. The van der Waals surface area contributed by atoms with Crippen molar-refractivity contribution in [2.24, 2.45) is 0 Å². The van der Waals surface area contributed by atoms with Crippen LogP contribution in [-0.2, 0) is 14.8 Å².